The smallest absolute Gasteiger partial charge is 0.243 e. The van der Waals surface area contributed by atoms with Crippen LogP contribution in [0.3, 0.4) is 0 Å². The molecule has 2 amide bonds. The Kier molecular flexibility index (Phi) is 5.73. The van der Waals surface area contributed by atoms with Crippen LogP contribution in [0.1, 0.15) is 69.0 Å². The van der Waals surface area contributed by atoms with Crippen LogP contribution in [0, 0.1) is 11.8 Å². The topological polar surface area (TPSA) is 62.4 Å². The number of nitrogens with one attached hydrogen (secondary N) is 1. The lowest BCUT2D eigenvalue weighted by atomic mass is 9.63. The van der Waals surface area contributed by atoms with Crippen molar-refractivity contribution in [2.75, 3.05) is 12.0 Å². The van der Waals surface area contributed by atoms with Gasteiger partial charge >= 0.3 is 0 Å². The second-order valence-electron chi connectivity index (χ2n) is 9.41. The number of hydrogen-bond acceptors (Lipinski definition) is 3. The number of H-pyrrole nitrogens is 1. The van der Waals surface area contributed by atoms with Crippen LogP contribution in [0.15, 0.2) is 48.5 Å². The lowest BCUT2D eigenvalue weighted by Crippen LogP contribution is -2.36. The maximum absolute atomic E-state index is 13.9. The van der Waals surface area contributed by atoms with Crippen molar-refractivity contribution in [2.24, 2.45) is 11.8 Å². The number of fused-ring (bicyclic) bond motifs is 5. The van der Waals surface area contributed by atoms with Crippen molar-refractivity contribution in [3.63, 3.8) is 0 Å². The van der Waals surface area contributed by atoms with E-state index in [0.29, 0.717) is 11.4 Å². The number of carbonyl (C=O) groups excluding carboxylic acids is 2. The molecule has 1 aliphatic heterocycles. The van der Waals surface area contributed by atoms with Crippen LogP contribution in [-0.2, 0) is 9.59 Å². The first-order valence-corrected chi connectivity index (χ1v) is 12.2. The first-order valence-electron chi connectivity index (χ1n) is 12.2. The van der Waals surface area contributed by atoms with Gasteiger partial charge in [-0.15, -0.1) is 0 Å². The third kappa shape index (κ3) is 3.36. The second kappa shape index (κ2) is 8.69. The summed E-state index contributed by atoms with van der Waals surface area (Å²) in [6, 6.07) is 15.6. The number of aromatic nitrogens is 1. The fourth-order valence-corrected chi connectivity index (χ4v) is 6.20. The van der Waals surface area contributed by atoms with Crippen molar-refractivity contribution in [2.45, 2.75) is 57.8 Å². The van der Waals surface area contributed by atoms with Crippen LogP contribution in [0.5, 0.6) is 5.75 Å². The van der Waals surface area contributed by atoms with Crippen LogP contribution in [-0.4, -0.2) is 23.9 Å². The number of carbonyl (C=O) groups is 2. The highest BCUT2D eigenvalue weighted by Gasteiger charge is 2.57. The summed E-state index contributed by atoms with van der Waals surface area (Å²) in [5, 5.41) is 1.20. The Bertz CT molecular complexity index is 1180. The molecule has 1 saturated heterocycles. The minimum atomic E-state index is -0.448. The van der Waals surface area contributed by atoms with E-state index in [1.165, 1.54) is 15.8 Å². The zero-order valence-electron chi connectivity index (χ0n) is 19.6. The number of ether oxygens (including phenoxy) is 1. The Morgan fingerprint density at radius 2 is 1.70 bits per heavy atom. The van der Waals surface area contributed by atoms with Gasteiger partial charge in [-0.25, -0.2) is 4.90 Å². The molecular formula is C28H32N2O3. The molecule has 0 unspecified atom stereocenters. The minimum Gasteiger partial charge on any atom is -0.497 e. The molecule has 5 rings (SSSR count). The van der Waals surface area contributed by atoms with E-state index in [9.17, 15) is 9.59 Å². The lowest BCUT2D eigenvalue weighted by molar-refractivity contribution is -0.123. The summed E-state index contributed by atoms with van der Waals surface area (Å²) in [6.07, 6.45) is 5.23. The molecule has 0 radical (unpaired) electrons. The molecule has 0 bridgehead atoms. The molecule has 2 heterocycles. The number of anilines is 1. The van der Waals surface area contributed by atoms with Crippen molar-refractivity contribution in [1.82, 2.24) is 4.98 Å². The molecule has 4 atom stereocenters. The van der Waals surface area contributed by atoms with E-state index in [4.69, 9.17) is 4.74 Å². The number of nitrogens with zero attached hydrogens (tertiary/aromatic N) is 1. The first kappa shape index (κ1) is 21.7. The summed E-state index contributed by atoms with van der Waals surface area (Å²) in [5.41, 5.74) is 3.92. The zero-order valence-corrected chi connectivity index (χ0v) is 19.6. The van der Waals surface area contributed by atoms with Gasteiger partial charge in [-0.1, -0.05) is 51.3 Å². The maximum Gasteiger partial charge on any atom is 0.243 e. The second-order valence-corrected chi connectivity index (χ2v) is 9.41. The predicted molar refractivity (Wildman–Crippen MR) is 131 cm³/mol. The summed E-state index contributed by atoms with van der Waals surface area (Å²) in [6.45, 7) is 4.39. The van der Waals surface area contributed by atoms with Crippen molar-refractivity contribution < 1.29 is 14.3 Å². The van der Waals surface area contributed by atoms with Crippen molar-refractivity contribution >= 4 is 28.4 Å². The lowest BCUT2D eigenvalue weighted by Gasteiger charge is -2.38. The summed E-state index contributed by atoms with van der Waals surface area (Å²) in [5.74, 6) is 0.218. The monoisotopic (exact) mass is 444 g/mol. The van der Waals surface area contributed by atoms with E-state index >= 15 is 0 Å². The number of methoxy groups -OCH3 is 1. The Morgan fingerprint density at radius 1 is 0.939 bits per heavy atom. The number of benzene rings is 2. The zero-order chi connectivity index (χ0) is 23.1. The molecule has 2 aliphatic rings. The van der Waals surface area contributed by atoms with Crippen molar-refractivity contribution in [3.05, 3.63) is 59.8 Å². The summed E-state index contributed by atoms with van der Waals surface area (Å²) in [7, 11) is 1.61. The molecule has 0 spiro atoms. The number of hydrogen-bond donors (Lipinski definition) is 1. The Morgan fingerprint density at radius 3 is 2.39 bits per heavy atom. The van der Waals surface area contributed by atoms with Crippen LogP contribution in [0.4, 0.5) is 5.69 Å². The fourth-order valence-electron chi connectivity index (χ4n) is 6.20. The van der Waals surface area contributed by atoms with Gasteiger partial charge in [-0.05, 0) is 60.6 Å². The number of unbranched alkanes of at least 4 members (excludes halogenated alkanes) is 1. The summed E-state index contributed by atoms with van der Waals surface area (Å²) >= 11 is 0. The van der Waals surface area contributed by atoms with Crippen LogP contribution < -0.4 is 9.64 Å². The van der Waals surface area contributed by atoms with Crippen molar-refractivity contribution in [1.29, 1.82) is 0 Å². The predicted octanol–water partition coefficient (Wildman–Crippen LogP) is 6.15. The number of amides is 2. The normalized spacial score (nSPS) is 24.3. The molecule has 3 aromatic rings. The molecule has 33 heavy (non-hydrogen) atoms. The van der Waals surface area contributed by atoms with E-state index in [1.54, 1.807) is 19.2 Å². The third-order valence-electron chi connectivity index (χ3n) is 7.61. The maximum atomic E-state index is 13.9. The van der Waals surface area contributed by atoms with Gasteiger partial charge in [0.15, 0.2) is 0 Å². The van der Waals surface area contributed by atoms with Gasteiger partial charge in [0.2, 0.25) is 11.8 Å². The highest BCUT2D eigenvalue weighted by Crippen LogP contribution is 2.56. The molecule has 1 aromatic heterocycles. The fraction of sp³-hybridized carbons (Fsp3) is 0.429. The molecule has 5 heteroatoms. The van der Waals surface area contributed by atoms with E-state index in [-0.39, 0.29) is 29.6 Å². The van der Waals surface area contributed by atoms with Gasteiger partial charge in [0.05, 0.1) is 24.6 Å². The quantitative estimate of drug-likeness (QED) is 0.444. The SMILES string of the molecule is CCCC[C@H]1c2c([nH]c3ccccc23)[C@@H]2C(=O)N(c3ccc(OC)cc3)C(=O)[C@@H]2[C@@H]1CCC. The largest absolute Gasteiger partial charge is 0.497 e. The molecular weight excluding hydrogens is 412 g/mol. The van der Waals surface area contributed by atoms with Crippen molar-refractivity contribution in [3.8, 4) is 5.75 Å². The van der Waals surface area contributed by atoms with E-state index in [0.717, 1.165) is 43.3 Å². The van der Waals surface area contributed by atoms with Crippen LogP contribution in [0.2, 0.25) is 0 Å². The van der Waals surface area contributed by atoms with Gasteiger partial charge in [0.1, 0.15) is 5.75 Å². The van der Waals surface area contributed by atoms with E-state index < -0.39 is 5.92 Å². The highest BCUT2D eigenvalue weighted by atomic mass is 16.5. The van der Waals surface area contributed by atoms with E-state index in [2.05, 4.69) is 37.0 Å². The Balaban J connectivity index is 1.67. The number of imide groups is 1. The number of para-hydroxylation sites is 1. The van der Waals surface area contributed by atoms with Gasteiger partial charge in [-0.3, -0.25) is 9.59 Å². The molecule has 172 valence electrons. The molecule has 2 aromatic carbocycles. The summed E-state index contributed by atoms with van der Waals surface area (Å²) in [4.78, 5) is 32.8. The van der Waals surface area contributed by atoms with Gasteiger partial charge in [0, 0.05) is 16.6 Å². The van der Waals surface area contributed by atoms with Gasteiger partial charge in [0.25, 0.3) is 0 Å². The van der Waals surface area contributed by atoms with Crippen LogP contribution in [0.25, 0.3) is 10.9 Å². The van der Waals surface area contributed by atoms with Gasteiger partial charge in [-0.2, -0.15) is 0 Å². The van der Waals surface area contributed by atoms with Gasteiger partial charge < -0.3 is 9.72 Å². The standard InChI is InChI=1S/C28H32N2O3/c1-4-6-10-20-19(9-5-2)24-25(26-23(20)21-11-7-8-12-22(21)29-26)28(32)30(27(24)31)17-13-15-18(33-3)16-14-17/h7-8,11-16,19-20,24-25,29H,4-6,9-10H2,1-3H3/t19-,20-,24-,25-/m1/s1. The molecule has 1 aliphatic carbocycles. The molecule has 5 nitrogen and oxygen atoms in total. The Labute approximate surface area is 195 Å². The third-order valence-corrected chi connectivity index (χ3v) is 7.61. The first-order chi connectivity index (χ1) is 16.1. The van der Waals surface area contributed by atoms with Crippen LogP contribution >= 0.6 is 0 Å². The number of aromatic amines is 1. The molecule has 0 saturated carbocycles. The summed E-state index contributed by atoms with van der Waals surface area (Å²) < 4.78 is 5.27. The molecule has 1 fully saturated rings. The highest BCUT2D eigenvalue weighted by molar-refractivity contribution is 6.24. The minimum absolute atomic E-state index is 0.0561. The average molecular weight is 445 g/mol. The molecule has 1 N–H and O–H groups in total. The Hall–Kier alpha value is -3.08. The van der Waals surface area contributed by atoms with E-state index in [1.807, 2.05) is 18.2 Å². The average Bonchev–Trinajstić information content (AvgIpc) is 3.34. The number of rotatable bonds is 7.